The molecule has 178 valence electrons. The summed E-state index contributed by atoms with van der Waals surface area (Å²) >= 11 is 5.97. The van der Waals surface area contributed by atoms with Gasteiger partial charge in [0.25, 0.3) is 5.91 Å². The molecule has 1 amide bonds. The van der Waals surface area contributed by atoms with Gasteiger partial charge < -0.3 is 14.2 Å². The highest BCUT2D eigenvalue weighted by molar-refractivity contribution is 6.30. The number of nitrogens with zero attached hydrogens (tertiary/aromatic N) is 2. The standard InChI is InChI=1S/C26H26ClFN2O4/c1-15-22(16(2)29(4)23(15)26(33)34-5)24(31)17(3)30(14-18-6-12-21(28)13-7-18)25(32)19-8-10-20(27)11-9-19/h6-13,17H,14H2,1-5H3/t17-/m0/s1. The molecular weight excluding hydrogens is 459 g/mol. The van der Waals surface area contributed by atoms with Crippen molar-refractivity contribution in [1.82, 2.24) is 9.47 Å². The van der Waals surface area contributed by atoms with Crippen LogP contribution in [0.15, 0.2) is 48.5 Å². The summed E-state index contributed by atoms with van der Waals surface area (Å²) < 4.78 is 19.9. The maximum Gasteiger partial charge on any atom is 0.354 e. The van der Waals surface area contributed by atoms with E-state index in [9.17, 15) is 18.8 Å². The zero-order valence-corrected chi connectivity index (χ0v) is 20.4. The molecule has 34 heavy (non-hydrogen) atoms. The van der Waals surface area contributed by atoms with Gasteiger partial charge in [0.15, 0.2) is 5.78 Å². The monoisotopic (exact) mass is 484 g/mol. The van der Waals surface area contributed by atoms with Crippen molar-refractivity contribution in [2.75, 3.05) is 7.11 Å². The first-order chi connectivity index (χ1) is 16.1. The molecule has 0 fully saturated rings. The van der Waals surface area contributed by atoms with E-state index in [1.165, 1.54) is 24.1 Å². The van der Waals surface area contributed by atoms with Crippen LogP contribution in [-0.2, 0) is 18.3 Å². The Balaban J connectivity index is 2.04. The number of carbonyl (C=O) groups is 3. The molecule has 0 spiro atoms. The van der Waals surface area contributed by atoms with E-state index in [0.29, 0.717) is 33.0 Å². The largest absolute Gasteiger partial charge is 0.464 e. The fraction of sp³-hybridized carbons (Fsp3) is 0.269. The van der Waals surface area contributed by atoms with E-state index in [0.717, 1.165) is 0 Å². The van der Waals surface area contributed by atoms with Gasteiger partial charge in [0.05, 0.1) is 13.2 Å². The van der Waals surface area contributed by atoms with Crippen molar-refractivity contribution < 1.29 is 23.5 Å². The second kappa shape index (κ2) is 10.2. The van der Waals surface area contributed by atoms with Crippen LogP contribution in [-0.4, -0.2) is 40.3 Å². The Morgan fingerprint density at radius 1 is 1.06 bits per heavy atom. The summed E-state index contributed by atoms with van der Waals surface area (Å²) in [7, 11) is 2.97. The predicted molar refractivity (Wildman–Crippen MR) is 128 cm³/mol. The molecule has 0 unspecified atom stereocenters. The zero-order chi connectivity index (χ0) is 25.2. The molecule has 6 nitrogen and oxygen atoms in total. The van der Waals surface area contributed by atoms with Crippen molar-refractivity contribution >= 4 is 29.3 Å². The van der Waals surface area contributed by atoms with Crippen LogP contribution in [0.5, 0.6) is 0 Å². The highest BCUT2D eigenvalue weighted by Gasteiger charge is 2.33. The third-order valence-corrected chi connectivity index (χ3v) is 6.27. The number of esters is 1. The number of ketones is 1. The van der Waals surface area contributed by atoms with Crippen LogP contribution in [0, 0.1) is 19.7 Å². The van der Waals surface area contributed by atoms with E-state index in [1.807, 2.05) is 0 Å². The zero-order valence-electron chi connectivity index (χ0n) is 19.7. The Kier molecular flexibility index (Phi) is 7.57. The molecule has 0 aliphatic heterocycles. The number of carbonyl (C=O) groups excluding carboxylic acids is 3. The van der Waals surface area contributed by atoms with E-state index < -0.39 is 17.8 Å². The van der Waals surface area contributed by atoms with E-state index >= 15 is 0 Å². The molecule has 3 rings (SSSR count). The molecular formula is C26H26ClFN2O4. The second-order valence-corrected chi connectivity index (χ2v) is 8.53. The maximum atomic E-state index is 13.7. The summed E-state index contributed by atoms with van der Waals surface area (Å²) in [5.41, 5.74) is 2.76. The van der Waals surface area contributed by atoms with Crippen LogP contribution in [0.25, 0.3) is 0 Å². The summed E-state index contributed by atoms with van der Waals surface area (Å²) in [6, 6.07) is 11.3. The lowest BCUT2D eigenvalue weighted by atomic mass is 9.98. The molecule has 0 radical (unpaired) electrons. The van der Waals surface area contributed by atoms with E-state index in [2.05, 4.69) is 0 Å². The van der Waals surface area contributed by atoms with Crippen molar-refractivity contribution in [1.29, 1.82) is 0 Å². The predicted octanol–water partition coefficient (Wildman–Crippen LogP) is 5.13. The minimum atomic E-state index is -0.876. The number of aromatic nitrogens is 1. The van der Waals surface area contributed by atoms with Gasteiger partial charge in [0.2, 0.25) is 0 Å². The van der Waals surface area contributed by atoms with Crippen molar-refractivity contribution in [2.45, 2.75) is 33.4 Å². The van der Waals surface area contributed by atoms with Gasteiger partial charge >= 0.3 is 5.97 Å². The van der Waals surface area contributed by atoms with E-state index in [-0.39, 0.29) is 23.9 Å². The van der Waals surface area contributed by atoms with Crippen LogP contribution < -0.4 is 0 Å². The van der Waals surface area contributed by atoms with Gasteiger partial charge in [0, 0.05) is 35.4 Å². The first kappa shape index (κ1) is 25.2. The Bertz CT molecular complexity index is 1230. The van der Waals surface area contributed by atoms with Gasteiger partial charge in [-0.3, -0.25) is 9.59 Å². The Hall–Kier alpha value is -3.45. The van der Waals surface area contributed by atoms with Gasteiger partial charge in [-0.2, -0.15) is 0 Å². The van der Waals surface area contributed by atoms with E-state index in [4.69, 9.17) is 16.3 Å². The van der Waals surface area contributed by atoms with Crippen LogP contribution in [0.3, 0.4) is 0 Å². The lowest BCUT2D eigenvalue weighted by Crippen LogP contribution is -2.43. The molecule has 0 aliphatic rings. The molecule has 0 N–H and O–H groups in total. The third-order valence-electron chi connectivity index (χ3n) is 6.02. The molecule has 0 saturated carbocycles. The third kappa shape index (κ3) is 4.89. The molecule has 0 saturated heterocycles. The van der Waals surface area contributed by atoms with Crippen molar-refractivity contribution in [3.8, 4) is 0 Å². The molecule has 0 bridgehead atoms. The first-order valence-electron chi connectivity index (χ1n) is 10.7. The Labute approximate surface area is 202 Å². The lowest BCUT2D eigenvalue weighted by molar-refractivity contribution is 0.0587. The number of ether oxygens (including phenoxy) is 1. The summed E-state index contributed by atoms with van der Waals surface area (Å²) in [6.07, 6.45) is 0. The minimum absolute atomic E-state index is 0.0867. The summed E-state index contributed by atoms with van der Waals surface area (Å²) in [6.45, 7) is 5.15. The molecule has 8 heteroatoms. The highest BCUT2D eigenvalue weighted by atomic mass is 35.5. The number of halogens is 2. The second-order valence-electron chi connectivity index (χ2n) is 8.09. The number of methoxy groups -OCH3 is 1. The maximum absolute atomic E-state index is 13.7. The number of hydrogen-bond acceptors (Lipinski definition) is 4. The van der Waals surface area contributed by atoms with Crippen molar-refractivity contribution in [2.24, 2.45) is 7.05 Å². The molecule has 3 aromatic rings. The number of benzene rings is 2. The molecule has 1 heterocycles. The Morgan fingerprint density at radius 3 is 2.21 bits per heavy atom. The van der Waals surface area contributed by atoms with Gasteiger partial charge in [-0.15, -0.1) is 0 Å². The van der Waals surface area contributed by atoms with Crippen molar-refractivity contribution in [3.05, 3.63) is 93.0 Å². The molecule has 2 aromatic carbocycles. The van der Waals surface area contributed by atoms with Crippen LogP contribution in [0.1, 0.15) is 54.9 Å². The molecule has 1 atom stereocenters. The quantitative estimate of drug-likeness (QED) is 0.344. The van der Waals surface area contributed by atoms with Crippen LogP contribution >= 0.6 is 11.6 Å². The summed E-state index contributed by atoms with van der Waals surface area (Å²) in [5.74, 6) is -1.63. The highest BCUT2D eigenvalue weighted by Crippen LogP contribution is 2.26. The number of hydrogen-bond donors (Lipinski definition) is 0. The fourth-order valence-electron chi connectivity index (χ4n) is 4.01. The van der Waals surface area contributed by atoms with Gasteiger partial charge in [0.1, 0.15) is 11.5 Å². The first-order valence-corrected chi connectivity index (χ1v) is 11.0. The normalized spacial score (nSPS) is 11.7. The average Bonchev–Trinajstić information content (AvgIpc) is 3.05. The smallest absolute Gasteiger partial charge is 0.354 e. The SMILES string of the molecule is COC(=O)c1c(C)c(C(=O)[C@H](C)N(Cc2ccc(F)cc2)C(=O)c2ccc(Cl)cc2)c(C)n1C. The van der Waals surface area contributed by atoms with E-state index in [1.54, 1.807) is 68.8 Å². The van der Waals surface area contributed by atoms with Gasteiger partial charge in [-0.25, -0.2) is 9.18 Å². The van der Waals surface area contributed by atoms with Gasteiger partial charge in [-0.1, -0.05) is 23.7 Å². The van der Waals surface area contributed by atoms with Gasteiger partial charge in [-0.05, 0) is 68.3 Å². The molecule has 0 aliphatic carbocycles. The lowest BCUT2D eigenvalue weighted by Gasteiger charge is -2.29. The van der Waals surface area contributed by atoms with Crippen molar-refractivity contribution in [3.63, 3.8) is 0 Å². The van der Waals surface area contributed by atoms with Crippen LogP contribution in [0.4, 0.5) is 4.39 Å². The Morgan fingerprint density at radius 2 is 1.65 bits per heavy atom. The average molecular weight is 485 g/mol. The summed E-state index contributed by atoms with van der Waals surface area (Å²) in [5, 5.41) is 0.483. The number of Topliss-reactive ketones (excluding diaryl/α,β-unsaturated/α-hetero) is 1. The van der Waals surface area contributed by atoms with Crippen LogP contribution in [0.2, 0.25) is 5.02 Å². The number of rotatable bonds is 7. The minimum Gasteiger partial charge on any atom is -0.464 e. The molecule has 1 aromatic heterocycles. The topological polar surface area (TPSA) is 68.6 Å². The number of amides is 1. The summed E-state index contributed by atoms with van der Waals surface area (Å²) in [4.78, 5) is 40.9. The fourth-order valence-corrected chi connectivity index (χ4v) is 4.13.